The van der Waals surface area contributed by atoms with Crippen LogP contribution in [0.15, 0.2) is 24.3 Å². The summed E-state index contributed by atoms with van der Waals surface area (Å²) in [5, 5.41) is 0. The zero-order valence-corrected chi connectivity index (χ0v) is 12.1. The normalized spacial score (nSPS) is 15.6. The van der Waals surface area contributed by atoms with Gasteiger partial charge in [0.1, 0.15) is 5.75 Å². The molecule has 0 heterocycles. The molecule has 0 radical (unpaired) electrons. The van der Waals surface area contributed by atoms with Crippen LogP contribution in [0.2, 0.25) is 0 Å². The Labute approximate surface area is 114 Å². The fourth-order valence-corrected chi connectivity index (χ4v) is 2.02. The van der Waals surface area contributed by atoms with Gasteiger partial charge < -0.3 is 15.2 Å². The number of rotatable bonds is 7. The van der Waals surface area contributed by atoms with Crippen molar-refractivity contribution in [2.24, 2.45) is 17.1 Å². The van der Waals surface area contributed by atoms with Crippen LogP contribution in [0.5, 0.6) is 5.75 Å². The Hall–Kier alpha value is -1.39. The third-order valence-corrected chi connectivity index (χ3v) is 3.80. The summed E-state index contributed by atoms with van der Waals surface area (Å²) in [6.45, 7) is 4.68. The molecule has 0 saturated carbocycles. The lowest BCUT2D eigenvalue weighted by molar-refractivity contribution is 0.0567. The van der Waals surface area contributed by atoms with E-state index in [4.69, 9.17) is 15.2 Å². The summed E-state index contributed by atoms with van der Waals surface area (Å²) in [5.74, 6) is 0.829. The lowest BCUT2D eigenvalue weighted by Gasteiger charge is -2.32. The molecule has 0 amide bonds. The number of methoxy groups -OCH3 is 2. The first-order valence-electron chi connectivity index (χ1n) is 6.37. The van der Waals surface area contributed by atoms with Crippen molar-refractivity contribution in [1.82, 2.24) is 0 Å². The number of carbonyl (C=O) groups is 1. The van der Waals surface area contributed by atoms with Gasteiger partial charge in [-0.25, -0.2) is 0 Å². The second kappa shape index (κ2) is 6.68. The van der Waals surface area contributed by atoms with Crippen LogP contribution in [-0.2, 0) is 4.74 Å². The number of Topliss-reactive ketones (excluding diaryl/α,β-unsaturated/α-hetero) is 1. The summed E-state index contributed by atoms with van der Waals surface area (Å²) in [6, 6.07) is 7.11. The molecule has 0 aliphatic rings. The fourth-order valence-electron chi connectivity index (χ4n) is 2.02. The lowest BCUT2D eigenvalue weighted by atomic mass is 9.73. The third-order valence-electron chi connectivity index (χ3n) is 3.80. The van der Waals surface area contributed by atoms with Gasteiger partial charge in [0.05, 0.1) is 7.11 Å². The molecule has 4 nitrogen and oxygen atoms in total. The molecule has 0 spiro atoms. The van der Waals surface area contributed by atoms with E-state index in [2.05, 4.69) is 0 Å². The van der Waals surface area contributed by atoms with Crippen LogP contribution in [0.25, 0.3) is 0 Å². The molecule has 1 rings (SSSR count). The Morgan fingerprint density at radius 2 is 1.89 bits per heavy atom. The maximum Gasteiger partial charge on any atom is 0.170 e. The molecule has 0 aromatic heterocycles. The highest BCUT2D eigenvalue weighted by atomic mass is 16.5. The van der Waals surface area contributed by atoms with E-state index < -0.39 is 5.41 Å². The van der Waals surface area contributed by atoms with Gasteiger partial charge in [0.15, 0.2) is 5.78 Å². The summed E-state index contributed by atoms with van der Waals surface area (Å²) in [4.78, 5) is 12.6. The highest BCUT2D eigenvalue weighted by molar-refractivity contribution is 6.00. The van der Waals surface area contributed by atoms with Crippen LogP contribution in [0.3, 0.4) is 0 Å². The molecule has 1 aromatic rings. The standard InChI is InChI=1S/C15H23NO3/c1-11(9-18-3)15(2,10-16)14(17)12-5-7-13(19-4)8-6-12/h5-8,11H,9-10,16H2,1-4H3. The highest BCUT2D eigenvalue weighted by Crippen LogP contribution is 2.31. The highest BCUT2D eigenvalue weighted by Gasteiger charge is 2.37. The van der Waals surface area contributed by atoms with E-state index in [1.807, 2.05) is 13.8 Å². The second-order valence-electron chi connectivity index (χ2n) is 5.04. The predicted molar refractivity (Wildman–Crippen MR) is 75.5 cm³/mol. The molecular weight excluding hydrogens is 242 g/mol. The Morgan fingerprint density at radius 1 is 1.32 bits per heavy atom. The van der Waals surface area contributed by atoms with E-state index in [-0.39, 0.29) is 11.7 Å². The first-order valence-corrected chi connectivity index (χ1v) is 6.37. The Bertz CT molecular complexity index is 416. The van der Waals surface area contributed by atoms with Gasteiger partial charge in [0.2, 0.25) is 0 Å². The second-order valence-corrected chi connectivity index (χ2v) is 5.04. The first-order chi connectivity index (χ1) is 8.99. The van der Waals surface area contributed by atoms with Crippen molar-refractivity contribution < 1.29 is 14.3 Å². The molecule has 4 heteroatoms. The summed E-state index contributed by atoms with van der Waals surface area (Å²) in [7, 11) is 3.23. The maximum atomic E-state index is 12.6. The summed E-state index contributed by atoms with van der Waals surface area (Å²) < 4.78 is 10.2. The molecule has 2 atom stereocenters. The van der Waals surface area contributed by atoms with Crippen molar-refractivity contribution in [3.8, 4) is 5.75 Å². The molecular formula is C15H23NO3. The van der Waals surface area contributed by atoms with Crippen LogP contribution in [0.1, 0.15) is 24.2 Å². The first kappa shape index (κ1) is 15.7. The minimum absolute atomic E-state index is 0.0437. The monoisotopic (exact) mass is 265 g/mol. The third kappa shape index (κ3) is 3.33. The van der Waals surface area contributed by atoms with E-state index in [0.717, 1.165) is 5.75 Å². The Kier molecular flexibility index (Phi) is 5.51. The van der Waals surface area contributed by atoms with Crippen molar-refractivity contribution in [1.29, 1.82) is 0 Å². The predicted octanol–water partition coefficient (Wildman–Crippen LogP) is 2.13. The molecule has 0 bridgehead atoms. The quantitative estimate of drug-likeness (QED) is 0.767. The molecule has 0 aliphatic carbocycles. The largest absolute Gasteiger partial charge is 0.497 e. The number of ketones is 1. The number of ether oxygens (including phenoxy) is 2. The number of nitrogens with two attached hydrogens (primary N) is 1. The van der Waals surface area contributed by atoms with Crippen LogP contribution < -0.4 is 10.5 Å². The SMILES string of the molecule is COCC(C)C(C)(CN)C(=O)c1ccc(OC)cc1. The van der Waals surface area contributed by atoms with Crippen molar-refractivity contribution in [3.63, 3.8) is 0 Å². The van der Waals surface area contributed by atoms with Gasteiger partial charge in [-0.15, -0.1) is 0 Å². The van der Waals surface area contributed by atoms with Gasteiger partial charge in [-0.3, -0.25) is 4.79 Å². The van der Waals surface area contributed by atoms with E-state index in [0.29, 0.717) is 18.7 Å². The zero-order valence-electron chi connectivity index (χ0n) is 12.1. The summed E-state index contributed by atoms with van der Waals surface area (Å²) in [6.07, 6.45) is 0. The number of benzene rings is 1. The minimum atomic E-state index is -0.620. The average molecular weight is 265 g/mol. The molecule has 0 fully saturated rings. The van der Waals surface area contributed by atoms with Crippen molar-refractivity contribution >= 4 is 5.78 Å². The smallest absolute Gasteiger partial charge is 0.170 e. The molecule has 2 N–H and O–H groups in total. The van der Waals surface area contributed by atoms with Gasteiger partial charge in [0.25, 0.3) is 0 Å². The Balaban J connectivity index is 2.99. The summed E-state index contributed by atoms with van der Waals surface area (Å²) in [5.41, 5.74) is 5.86. The molecule has 0 aliphatic heterocycles. The van der Waals surface area contributed by atoms with Crippen molar-refractivity contribution in [3.05, 3.63) is 29.8 Å². The van der Waals surface area contributed by atoms with Gasteiger partial charge in [0, 0.05) is 31.2 Å². The van der Waals surface area contributed by atoms with Crippen LogP contribution in [0, 0.1) is 11.3 Å². The van der Waals surface area contributed by atoms with Gasteiger partial charge in [-0.1, -0.05) is 13.8 Å². The van der Waals surface area contributed by atoms with Crippen molar-refractivity contribution in [2.45, 2.75) is 13.8 Å². The number of hydrogen-bond acceptors (Lipinski definition) is 4. The van der Waals surface area contributed by atoms with E-state index in [1.54, 1.807) is 38.5 Å². The van der Waals surface area contributed by atoms with E-state index in [9.17, 15) is 4.79 Å². The Morgan fingerprint density at radius 3 is 2.32 bits per heavy atom. The van der Waals surface area contributed by atoms with E-state index >= 15 is 0 Å². The number of carbonyl (C=O) groups excluding carboxylic acids is 1. The molecule has 0 saturated heterocycles. The van der Waals surface area contributed by atoms with Crippen molar-refractivity contribution in [2.75, 3.05) is 27.4 Å². The lowest BCUT2D eigenvalue weighted by Crippen LogP contribution is -2.43. The van der Waals surface area contributed by atoms with Gasteiger partial charge >= 0.3 is 0 Å². The minimum Gasteiger partial charge on any atom is -0.497 e. The average Bonchev–Trinajstić information content (AvgIpc) is 2.46. The molecule has 2 unspecified atom stereocenters. The van der Waals surface area contributed by atoms with Crippen LogP contribution >= 0.6 is 0 Å². The molecule has 106 valence electrons. The van der Waals surface area contributed by atoms with Gasteiger partial charge in [-0.2, -0.15) is 0 Å². The van der Waals surface area contributed by atoms with E-state index in [1.165, 1.54) is 0 Å². The number of hydrogen-bond donors (Lipinski definition) is 1. The van der Waals surface area contributed by atoms with Gasteiger partial charge in [-0.05, 0) is 30.2 Å². The summed E-state index contributed by atoms with van der Waals surface area (Å²) >= 11 is 0. The van der Waals surface area contributed by atoms with Crippen LogP contribution in [0.4, 0.5) is 0 Å². The zero-order chi connectivity index (χ0) is 14.5. The maximum absolute atomic E-state index is 12.6. The topological polar surface area (TPSA) is 61.5 Å². The molecule has 19 heavy (non-hydrogen) atoms. The fraction of sp³-hybridized carbons (Fsp3) is 0.533. The van der Waals surface area contributed by atoms with Crippen LogP contribution in [-0.4, -0.2) is 33.2 Å². The molecule has 1 aromatic carbocycles.